The van der Waals surface area contributed by atoms with Crippen LogP contribution in [0.4, 0.5) is 4.39 Å². The van der Waals surface area contributed by atoms with Crippen LogP contribution in [0.25, 0.3) is 0 Å². The third-order valence-corrected chi connectivity index (χ3v) is 4.08. The molecule has 0 aliphatic rings. The van der Waals surface area contributed by atoms with Gasteiger partial charge >= 0.3 is 0 Å². The molecule has 0 amide bonds. The molecule has 0 fully saturated rings. The van der Waals surface area contributed by atoms with Crippen LogP contribution >= 0.6 is 15.9 Å². The Morgan fingerprint density at radius 2 is 2.19 bits per heavy atom. The van der Waals surface area contributed by atoms with Crippen LogP contribution in [0, 0.1) is 12.7 Å². The van der Waals surface area contributed by atoms with E-state index in [9.17, 15) is 9.50 Å². The highest BCUT2D eigenvalue weighted by atomic mass is 79.9. The van der Waals surface area contributed by atoms with E-state index in [1.807, 2.05) is 0 Å². The Morgan fingerprint density at radius 3 is 2.81 bits per heavy atom. The maximum Gasteiger partial charge on any atom is 0.130 e. The molecule has 0 bridgehead atoms. The van der Waals surface area contributed by atoms with E-state index in [1.54, 1.807) is 44.0 Å². The number of hydrogen-bond donors (Lipinski definition) is 1. The second-order valence-corrected chi connectivity index (χ2v) is 5.95. The minimum absolute atomic E-state index is 0.341. The molecular weight excluding hydrogens is 339 g/mol. The van der Waals surface area contributed by atoms with Crippen molar-refractivity contribution in [2.24, 2.45) is 0 Å². The Morgan fingerprint density at radius 1 is 1.48 bits per heavy atom. The summed E-state index contributed by atoms with van der Waals surface area (Å²) in [7, 11) is 1.60. The predicted octanol–water partition coefficient (Wildman–Crippen LogP) is 3.00. The van der Waals surface area contributed by atoms with Gasteiger partial charge in [0, 0.05) is 7.11 Å². The zero-order valence-corrected chi connectivity index (χ0v) is 13.8. The molecule has 1 atom stereocenters. The summed E-state index contributed by atoms with van der Waals surface area (Å²) in [4.78, 5) is 0. The number of hydrogen-bond acceptors (Lipinski definition) is 3. The van der Waals surface area contributed by atoms with E-state index in [4.69, 9.17) is 4.74 Å². The van der Waals surface area contributed by atoms with Gasteiger partial charge in [0.15, 0.2) is 0 Å². The summed E-state index contributed by atoms with van der Waals surface area (Å²) in [5, 5.41) is 15.1. The highest BCUT2D eigenvalue weighted by molar-refractivity contribution is 9.10. The van der Waals surface area contributed by atoms with Gasteiger partial charge < -0.3 is 9.84 Å². The van der Waals surface area contributed by atoms with E-state index < -0.39 is 5.60 Å². The van der Waals surface area contributed by atoms with Crippen LogP contribution in [0.5, 0.6) is 0 Å². The first kappa shape index (κ1) is 16.1. The summed E-state index contributed by atoms with van der Waals surface area (Å²) >= 11 is 3.40. The maximum absolute atomic E-state index is 13.8. The molecule has 0 aliphatic heterocycles. The number of aryl methyl sites for hydroxylation is 1. The zero-order chi connectivity index (χ0) is 15.6. The molecule has 2 rings (SSSR count). The lowest BCUT2D eigenvalue weighted by molar-refractivity contribution is 0.0871. The molecular formula is C15H18BrFN2O2. The van der Waals surface area contributed by atoms with Crippen LogP contribution in [0.3, 0.4) is 0 Å². The molecule has 2 aromatic rings. The Balaban J connectivity index is 2.47. The summed E-state index contributed by atoms with van der Waals surface area (Å²) in [5.41, 5.74) is 0.229. The van der Waals surface area contributed by atoms with E-state index in [2.05, 4.69) is 21.0 Å². The Kier molecular flexibility index (Phi) is 4.81. The SMILES string of the molecule is COCCn1ncc(Br)c1C(C)(O)c1ccc(C)c(F)c1. The molecule has 1 aromatic carbocycles. The van der Waals surface area contributed by atoms with Crippen molar-refractivity contribution < 1.29 is 14.2 Å². The molecule has 21 heavy (non-hydrogen) atoms. The van der Waals surface area contributed by atoms with Gasteiger partial charge in [0.2, 0.25) is 0 Å². The van der Waals surface area contributed by atoms with Crippen molar-refractivity contribution in [3.63, 3.8) is 0 Å². The highest BCUT2D eigenvalue weighted by Gasteiger charge is 2.32. The highest BCUT2D eigenvalue weighted by Crippen LogP contribution is 2.34. The molecule has 0 saturated heterocycles. The summed E-state index contributed by atoms with van der Waals surface area (Å²) in [6.45, 7) is 4.29. The van der Waals surface area contributed by atoms with Crippen molar-refractivity contribution in [2.45, 2.75) is 26.0 Å². The Hall–Kier alpha value is -1.24. The molecule has 0 aliphatic carbocycles. The number of halogens is 2. The Bertz CT molecular complexity index is 641. The first-order valence-corrected chi connectivity index (χ1v) is 7.37. The van der Waals surface area contributed by atoms with Crippen LogP contribution in [-0.4, -0.2) is 28.6 Å². The largest absolute Gasteiger partial charge is 0.383 e. The average molecular weight is 357 g/mol. The van der Waals surface area contributed by atoms with E-state index in [-0.39, 0.29) is 5.82 Å². The number of benzene rings is 1. The minimum atomic E-state index is -1.36. The van der Waals surface area contributed by atoms with Crippen molar-refractivity contribution in [3.8, 4) is 0 Å². The van der Waals surface area contributed by atoms with Crippen molar-refractivity contribution in [2.75, 3.05) is 13.7 Å². The zero-order valence-electron chi connectivity index (χ0n) is 12.2. The smallest absolute Gasteiger partial charge is 0.130 e. The van der Waals surface area contributed by atoms with Gasteiger partial charge in [0.05, 0.1) is 29.5 Å². The van der Waals surface area contributed by atoms with Crippen LogP contribution in [0.1, 0.15) is 23.7 Å². The van der Waals surface area contributed by atoms with Gasteiger partial charge in [-0.1, -0.05) is 12.1 Å². The summed E-state index contributed by atoms with van der Waals surface area (Å²) < 4.78 is 21.2. The van der Waals surface area contributed by atoms with Crippen LogP contribution in [0.2, 0.25) is 0 Å². The number of methoxy groups -OCH3 is 1. The van der Waals surface area contributed by atoms with Gasteiger partial charge in [-0.15, -0.1) is 0 Å². The summed E-state index contributed by atoms with van der Waals surface area (Å²) in [6, 6.07) is 4.73. The normalized spacial score (nSPS) is 14.2. The van der Waals surface area contributed by atoms with Crippen LogP contribution in [-0.2, 0) is 16.9 Å². The number of aromatic nitrogens is 2. The van der Waals surface area contributed by atoms with E-state index in [1.165, 1.54) is 6.07 Å². The molecule has 1 heterocycles. The molecule has 1 unspecified atom stereocenters. The van der Waals surface area contributed by atoms with Gasteiger partial charge in [-0.2, -0.15) is 5.10 Å². The molecule has 114 valence electrons. The molecule has 1 N–H and O–H groups in total. The maximum atomic E-state index is 13.8. The van der Waals surface area contributed by atoms with Gasteiger partial charge in [-0.3, -0.25) is 4.68 Å². The van der Waals surface area contributed by atoms with Crippen molar-refractivity contribution in [1.29, 1.82) is 0 Å². The van der Waals surface area contributed by atoms with Gasteiger partial charge in [0.1, 0.15) is 11.4 Å². The minimum Gasteiger partial charge on any atom is -0.383 e. The second-order valence-electron chi connectivity index (χ2n) is 5.09. The van der Waals surface area contributed by atoms with E-state index in [0.717, 1.165) is 0 Å². The molecule has 4 nitrogen and oxygen atoms in total. The summed E-state index contributed by atoms with van der Waals surface area (Å²) in [6.07, 6.45) is 1.62. The third kappa shape index (κ3) is 3.17. The predicted molar refractivity (Wildman–Crippen MR) is 81.6 cm³/mol. The fourth-order valence-electron chi connectivity index (χ4n) is 2.23. The van der Waals surface area contributed by atoms with Crippen LogP contribution < -0.4 is 0 Å². The van der Waals surface area contributed by atoms with Gasteiger partial charge in [0.25, 0.3) is 0 Å². The lowest BCUT2D eigenvalue weighted by atomic mass is 9.91. The quantitative estimate of drug-likeness (QED) is 0.895. The fourth-order valence-corrected chi connectivity index (χ4v) is 2.91. The molecule has 0 spiro atoms. The topological polar surface area (TPSA) is 47.3 Å². The number of ether oxygens (including phenoxy) is 1. The molecule has 0 saturated carbocycles. The van der Waals surface area contributed by atoms with Gasteiger partial charge in [-0.25, -0.2) is 4.39 Å². The van der Waals surface area contributed by atoms with Gasteiger partial charge in [-0.05, 0) is 47.0 Å². The monoisotopic (exact) mass is 356 g/mol. The lowest BCUT2D eigenvalue weighted by Crippen LogP contribution is -2.28. The Labute approximate surface area is 131 Å². The fraction of sp³-hybridized carbons (Fsp3) is 0.400. The van der Waals surface area contributed by atoms with Crippen molar-refractivity contribution in [3.05, 3.63) is 51.5 Å². The third-order valence-electron chi connectivity index (χ3n) is 3.50. The average Bonchev–Trinajstić information content (AvgIpc) is 2.81. The van der Waals surface area contributed by atoms with Crippen molar-refractivity contribution in [1.82, 2.24) is 9.78 Å². The number of aliphatic hydroxyl groups is 1. The lowest BCUT2D eigenvalue weighted by Gasteiger charge is -2.26. The first-order chi connectivity index (χ1) is 9.87. The second kappa shape index (κ2) is 6.25. The number of nitrogens with zero attached hydrogens (tertiary/aromatic N) is 2. The first-order valence-electron chi connectivity index (χ1n) is 6.57. The summed E-state index contributed by atoms with van der Waals surface area (Å²) in [5.74, 6) is -0.341. The van der Waals surface area contributed by atoms with E-state index >= 15 is 0 Å². The number of rotatable bonds is 5. The molecule has 0 radical (unpaired) electrons. The van der Waals surface area contributed by atoms with Crippen molar-refractivity contribution >= 4 is 15.9 Å². The van der Waals surface area contributed by atoms with E-state index in [0.29, 0.717) is 34.4 Å². The van der Waals surface area contributed by atoms with Crippen LogP contribution in [0.15, 0.2) is 28.9 Å². The molecule has 6 heteroatoms. The molecule has 1 aromatic heterocycles. The standard InChI is InChI=1S/C15H18BrFN2O2/c1-10-4-5-11(8-13(10)17)15(2,20)14-12(16)9-18-19(14)6-7-21-3/h4-5,8-9,20H,6-7H2,1-3H3.